The van der Waals surface area contributed by atoms with Crippen molar-refractivity contribution in [3.8, 4) is 0 Å². The summed E-state index contributed by atoms with van der Waals surface area (Å²) in [6, 6.07) is 0. The number of aliphatic hydroxyl groups excluding tert-OH is 1. The van der Waals surface area contributed by atoms with Crippen molar-refractivity contribution >= 4 is 13.8 Å². The Morgan fingerprint density at radius 2 is 1.26 bits per heavy atom. The second-order valence-electron chi connectivity index (χ2n) is 7.12. The second-order valence-corrected chi connectivity index (χ2v) is 8.36. The highest BCUT2D eigenvalue weighted by atomic mass is 31.2. The first-order valence-electron chi connectivity index (χ1n) is 10.4. The number of carbonyl (C=O) groups is 1. The van der Waals surface area contributed by atoms with Crippen molar-refractivity contribution in [1.29, 1.82) is 0 Å². The van der Waals surface area contributed by atoms with Crippen molar-refractivity contribution in [2.45, 2.75) is 103 Å². The molecule has 0 aromatic carbocycles. The van der Waals surface area contributed by atoms with Crippen molar-refractivity contribution in [3.63, 3.8) is 0 Å². The van der Waals surface area contributed by atoms with Gasteiger partial charge in [-0.25, -0.2) is 4.57 Å². The van der Waals surface area contributed by atoms with Crippen LogP contribution in [0.25, 0.3) is 0 Å². The SMILES string of the molecule is [13CH3][13CH2][13CH2][13CH2][13CH2][13CH2][13CH2][13CH2][13CH2][13CH2][13CH2][13CH2][13CH2][13CH2][13CH2][13C](=O)OC[C@@H](O)COP(=O)(O)O. The molecule has 0 aliphatic carbocycles. The minimum absolute atomic E-state index is 0.295. The maximum Gasteiger partial charge on any atom is 0.469 e. The van der Waals surface area contributed by atoms with Crippen LogP contribution in [0.3, 0.4) is 0 Å². The van der Waals surface area contributed by atoms with E-state index in [1.807, 2.05) is 0 Å². The van der Waals surface area contributed by atoms with E-state index >= 15 is 0 Å². The molecule has 8 heteroatoms. The van der Waals surface area contributed by atoms with Gasteiger partial charge in [0, 0.05) is 6.42 Å². The van der Waals surface area contributed by atoms with Crippen molar-refractivity contribution in [1.82, 2.24) is 0 Å². The van der Waals surface area contributed by atoms with Crippen LogP contribution in [-0.2, 0) is 18.6 Å². The van der Waals surface area contributed by atoms with Crippen LogP contribution in [0.2, 0.25) is 0 Å². The number of hydrogen-bond donors (Lipinski definition) is 3. The van der Waals surface area contributed by atoms with Crippen LogP contribution in [0.15, 0.2) is 0 Å². The molecule has 0 saturated heterocycles. The van der Waals surface area contributed by atoms with Gasteiger partial charge in [-0.3, -0.25) is 9.32 Å². The number of phosphoric ester groups is 1. The molecule has 0 aliphatic rings. The summed E-state index contributed by atoms with van der Waals surface area (Å²) >= 11 is 0. The van der Waals surface area contributed by atoms with Gasteiger partial charge in [0.05, 0.1) is 6.61 Å². The van der Waals surface area contributed by atoms with E-state index in [9.17, 15) is 14.5 Å². The summed E-state index contributed by atoms with van der Waals surface area (Å²) in [4.78, 5) is 28.5. The molecule has 0 radical (unpaired) electrons. The lowest BCUT2D eigenvalue weighted by Crippen LogP contribution is -2.23. The summed E-state index contributed by atoms with van der Waals surface area (Å²) < 4.78 is 19.5. The van der Waals surface area contributed by atoms with Crippen LogP contribution >= 0.6 is 7.82 Å². The lowest BCUT2D eigenvalue weighted by atomic mass is 10.4. The van der Waals surface area contributed by atoms with Gasteiger partial charge < -0.3 is 19.6 Å². The molecule has 27 heavy (non-hydrogen) atoms. The van der Waals surface area contributed by atoms with E-state index in [2.05, 4.69) is 11.4 Å². The average Bonchev–Trinajstić information content (AvgIpc) is 2.61. The summed E-state index contributed by atoms with van der Waals surface area (Å²) in [5.41, 5.74) is 0. The smallest absolute Gasteiger partial charge is 0.463 e. The highest BCUT2D eigenvalue weighted by Crippen LogP contribution is 2.35. The van der Waals surface area contributed by atoms with E-state index < -0.39 is 26.5 Å². The Morgan fingerprint density at radius 1 is 0.815 bits per heavy atom. The van der Waals surface area contributed by atoms with Gasteiger partial charge in [-0.2, -0.15) is 0 Å². The molecule has 0 rings (SSSR count). The average molecular weight is 426 g/mol. The largest absolute Gasteiger partial charge is 0.469 e. The lowest BCUT2D eigenvalue weighted by molar-refractivity contribution is -0.147. The Morgan fingerprint density at radius 3 is 1.70 bits per heavy atom. The predicted molar refractivity (Wildman–Crippen MR) is 105 cm³/mol. The molecular formula is C19H39O7P. The number of rotatable bonds is 19. The van der Waals surface area contributed by atoms with E-state index in [-0.39, 0.29) is 6.61 Å². The quantitative estimate of drug-likeness (QED) is 0.121. The van der Waals surface area contributed by atoms with Crippen LogP contribution in [0.5, 0.6) is 0 Å². The molecule has 0 saturated carbocycles. The van der Waals surface area contributed by atoms with Gasteiger partial charge in [-0.15, -0.1) is 0 Å². The molecule has 1 atom stereocenters. The van der Waals surface area contributed by atoms with Crippen LogP contribution < -0.4 is 0 Å². The highest BCUT2D eigenvalue weighted by Gasteiger charge is 2.17. The Kier molecular flexibility index (Phi) is 17.3. The molecule has 0 fully saturated rings. The first-order chi connectivity index (χ1) is 12.8. The normalized spacial score (nSPS) is 12.9. The molecule has 0 unspecified atom stereocenters. The van der Waals surface area contributed by atoms with Gasteiger partial charge in [0.25, 0.3) is 0 Å². The van der Waals surface area contributed by atoms with Crippen LogP contribution in [0, 0.1) is 0 Å². The number of unbranched alkanes of at least 4 members (excludes halogenated alkanes) is 12. The van der Waals surface area contributed by atoms with E-state index in [0.29, 0.717) is 6.42 Å². The first kappa shape index (κ1) is 26.5. The Hall–Kier alpha value is -0.460. The number of phosphoric acid groups is 1. The molecule has 7 nitrogen and oxygen atoms in total. The van der Waals surface area contributed by atoms with Crippen LogP contribution in [0.1, 0.15) is 96.8 Å². The monoisotopic (exact) mass is 426 g/mol. The summed E-state index contributed by atoms with van der Waals surface area (Å²) in [5.74, 6) is -0.409. The van der Waals surface area contributed by atoms with Gasteiger partial charge in [0.2, 0.25) is 0 Å². The predicted octanol–water partition coefficient (Wildman–Crippen LogP) is 4.48. The van der Waals surface area contributed by atoms with Crippen LogP contribution in [0.4, 0.5) is 0 Å². The summed E-state index contributed by atoms with van der Waals surface area (Å²) in [7, 11) is -4.61. The highest BCUT2D eigenvalue weighted by molar-refractivity contribution is 7.46. The van der Waals surface area contributed by atoms with Crippen LogP contribution in [-0.4, -0.2) is 40.2 Å². The zero-order valence-electron chi connectivity index (χ0n) is 16.8. The number of ether oxygens (including phenoxy) is 1. The van der Waals surface area contributed by atoms with Gasteiger partial charge in [0.15, 0.2) is 0 Å². The third-order valence-corrected chi connectivity index (χ3v) is 4.84. The molecule has 3 N–H and O–H groups in total. The molecule has 162 valence electrons. The van der Waals surface area contributed by atoms with Crippen molar-refractivity contribution in [2.75, 3.05) is 13.2 Å². The number of esters is 1. The van der Waals surface area contributed by atoms with Gasteiger partial charge in [-0.05, 0) is 6.42 Å². The molecule has 0 amide bonds. The molecule has 0 aliphatic heterocycles. The maximum atomic E-state index is 11.5. The van der Waals surface area contributed by atoms with E-state index in [4.69, 9.17) is 14.5 Å². The van der Waals surface area contributed by atoms with E-state index in [1.54, 1.807) is 0 Å². The van der Waals surface area contributed by atoms with Gasteiger partial charge in [0.1, 0.15) is 12.7 Å². The molecule has 0 heterocycles. The molecular weight excluding hydrogens is 387 g/mol. The maximum absolute atomic E-state index is 11.5. The summed E-state index contributed by atoms with van der Waals surface area (Å²) in [6.45, 7) is 1.34. The molecule has 0 bridgehead atoms. The zero-order valence-corrected chi connectivity index (χ0v) is 17.7. The third kappa shape index (κ3) is 21.7. The fourth-order valence-corrected chi connectivity index (χ4v) is 3.15. The Balaban J connectivity index is 3.33. The van der Waals surface area contributed by atoms with Crippen molar-refractivity contribution in [3.05, 3.63) is 0 Å². The lowest BCUT2D eigenvalue weighted by Gasteiger charge is -2.12. The third-order valence-electron chi connectivity index (χ3n) is 4.36. The minimum Gasteiger partial charge on any atom is -0.463 e. The first-order valence-corrected chi connectivity index (χ1v) is 11.9. The molecule has 0 spiro atoms. The number of hydrogen-bond acceptors (Lipinski definition) is 5. The fraction of sp³-hybridized carbons (Fsp3) is 0.947. The summed E-state index contributed by atoms with van der Waals surface area (Å²) in [6.07, 6.45) is 15.1. The second kappa shape index (κ2) is 17.6. The minimum atomic E-state index is -4.61. The van der Waals surface area contributed by atoms with Gasteiger partial charge in [-0.1, -0.05) is 84.0 Å². The molecule has 0 aromatic rings. The van der Waals surface area contributed by atoms with Crippen molar-refractivity contribution < 1.29 is 33.5 Å². The van der Waals surface area contributed by atoms with E-state index in [0.717, 1.165) is 19.3 Å². The Bertz CT molecular complexity index is 398. The number of aliphatic hydroxyl groups is 1. The van der Waals surface area contributed by atoms with E-state index in [1.165, 1.54) is 64.2 Å². The Labute approximate surface area is 164 Å². The topological polar surface area (TPSA) is 113 Å². The fourth-order valence-electron chi connectivity index (χ4n) is 2.78. The van der Waals surface area contributed by atoms with Gasteiger partial charge >= 0.3 is 13.8 Å². The van der Waals surface area contributed by atoms with Crippen molar-refractivity contribution in [2.24, 2.45) is 0 Å². The summed E-state index contributed by atoms with van der Waals surface area (Å²) in [5, 5.41) is 9.40. The standard InChI is InChI=1S/C19H39O7P/c1-2-3-4-5-6-7-8-9-10-11-12-13-14-15-19(21)25-16-18(20)17-26-27(22,23)24/h18,20H,2-17H2,1H3,(H2,22,23,24)/t18-/m1/s1/i1+1,2+1,3+1,4+1,5+1,6+1,7+1,8+1,9+1,10+1,11+1,12+1,13+1,14+1,15+1,19+1. The zero-order chi connectivity index (χ0) is 20.4. The number of carbonyl (C=O) groups excluding carboxylic acids is 1. The molecule has 0 aromatic heterocycles.